The van der Waals surface area contributed by atoms with Gasteiger partial charge in [-0.3, -0.25) is 0 Å². The summed E-state index contributed by atoms with van der Waals surface area (Å²) in [6, 6.07) is 7.28. The van der Waals surface area contributed by atoms with E-state index in [9.17, 15) is 5.11 Å². The van der Waals surface area contributed by atoms with Crippen molar-refractivity contribution in [3.05, 3.63) is 33.1 Å². The van der Waals surface area contributed by atoms with Crippen molar-refractivity contribution in [3.63, 3.8) is 0 Å². The average molecular weight is 284 g/mol. The van der Waals surface area contributed by atoms with Crippen molar-refractivity contribution in [2.45, 2.75) is 13.3 Å². The Morgan fingerprint density at radius 3 is 2.80 bits per heavy atom. The first kappa shape index (κ1) is 10.6. The van der Waals surface area contributed by atoms with Crippen LogP contribution in [0.15, 0.2) is 28.2 Å². The number of aromatic nitrogens is 1. The van der Waals surface area contributed by atoms with E-state index >= 15 is 0 Å². The number of hydrogen-bond donors (Lipinski definition) is 1. The number of phenols is 1. The van der Waals surface area contributed by atoms with E-state index in [1.165, 1.54) is 4.88 Å². The number of rotatable bonds is 2. The Labute approximate surface area is 101 Å². The van der Waals surface area contributed by atoms with Crippen LogP contribution in [0.3, 0.4) is 0 Å². The molecule has 0 amide bonds. The highest BCUT2D eigenvalue weighted by Crippen LogP contribution is 2.35. The maximum absolute atomic E-state index is 9.74. The largest absolute Gasteiger partial charge is 0.507 e. The number of phenolic OH excluding ortho intramolecular Hbond substituents is 1. The van der Waals surface area contributed by atoms with Crippen LogP contribution in [-0.4, -0.2) is 10.1 Å². The van der Waals surface area contributed by atoms with Crippen LogP contribution in [-0.2, 0) is 6.42 Å². The second kappa shape index (κ2) is 4.33. The Balaban J connectivity index is 2.58. The van der Waals surface area contributed by atoms with E-state index in [0.29, 0.717) is 0 Å². The lowest BCUT2D eigenvalue weighted by Gasteiger charge is -2.02. The quantitative estimate of drug-likeness (QED) is 0.908. The van der Waals surface area contributed by atoms with Gasteiger partial charge in [0.15, 0.2) is 3.92 Å². The minimum atomic E-state index is 0.282. The number of aromatic hydroxyl groups is 1. The molecule has 0 unspecified atom stereocenters. The third-order valence-electron chi connectivity index (χ3n) is 2.15. The molecule has 1 heterocycles. The van der Waals surface area contributed by atoms with Crippen LogP contribution >= 0.6 is 27.3 Å². The molecule has 0 spiro atoms. The molecule has 0 bridgehead atoms. The first-order valence-corrected chi connectivity index (χ1v) is 6.27. The minimum Gasteiger partial charge on any atom is -0.507 e. The van der Waals surface area contributed by atoms with Crippen LogP contribution in [0.4, 0.5) is 0 Å². The van der Waals surface area contributed by atoms with E-state index in [2.05, 4.69) is 27.8 Å². The van der Waals surface area contributed by atoms with Crippen molar-refractivity contribution in [1.82, 2.24) is 4.98 Å². The van der Waals surface area contributed by atoms with E-state index in [1.807, 2.05) is 18.2 Å². The second-order valence-electron chi connectivity index (χ2n) is 3.11. The van der Waals surface area contributed by atoms with Gasteiger partial charge in [-0.2, -0.15) is 0 Å². The van der Waals surface area contributed by atoms with Crippen molar-refractivity contribution in [2.24, 2.45) is 0 Å². The Morgan fingerprint density at radius 1 is 1.40 bits per heavy atom. The summed E-state index contributed by atoms with van der Waals surface area (Å²) in [5.41, 5.74) is 1.68. The normalized spacial score (nSPS) is 10.5. The summed E-state index contributed by atoms with van der Waals surface area (Å²) < 4.78 is 0.859. The summed E-state index contributed by atoms with van der Waals surface area (Å²) in [5.74, 6) is 0.282. The lowest BCUT2D eigenvalue weighted by molar-refractivity contribution is 0.477. The van der Waals surface area contributed by atoms with Crippen molar-refractivity contribution < 1.29 is 5.11 Å². The fourth-order valence-electron chi connectivity index (χ4n) is 1.45. The molecule has 0 aliphatic heterocycles. The molecule has 4 heteroatoms. The predicted octanol–water partition coefficient (Wildman–Crippen LogP) is 3.84. The van der Waals surface area contributed by atoms with Gasteiger partial charge in [0, 0.05) is 10.4 Å². The summed E-state index contributed by atoms with van der Waals surface area (Å²) in [6.07, 6.45) is 0.924. The van der Waals surface area contributed by atoms with E-state index in [1.54, 1.807) is 17.4 Å². The molecular weight excluding hydrogens is 274 g/mol. The molecule has 2 aromatic rings. The zero-order valence-electron chi connectivity index (χ0n) is 8.20. The van der Waals surface area contributed by atoms with Gasteiger partial charge in [0.2, 0.25) is 0 Å². The summed E-state index contributed by atoms with van der Waals surface area (Å²) in [4.78, 5) is 5.57. The van der Waals surface area contributed by atoms with Gasteiger partial charge < -0.3 is 5.11 Å². The third-order valence-corrected chi connectivity index (χ3v) is 3.80. The lowest BCUT2D eigenvalue weighted by Crippen LogP contribution is -1.83. The fraction of sp³-hybridized carbons (Fsp3) is 0.182. The van der Waals surface area contributed by atoms with Crippen LogP contribution in [0.5, 0.6) is 5.75 Å². The molecule has 78 valence electrons. The molecule has 0 fully saturated rings. The molecule has 2 nitrogen and oxygen atoms in total. The van der Waals surface area contributed by atoms with Gasteiger partial charge in [0.05, 0.1) is 5.69 Å². The van der Waals surface area contributed by atoms with Crippen LogP contribution in [0, 0.1) is 0 Å². The van der Waals surface area contributed by atoms with Crippen LogP contribution in [0.1, 0.15) is 11.8 Å². The summed E-state index contributed by atoms with van der Waals surface area (Å²) in [7, 11) is 0. The maximum atomic E-state index is 9.74. The smallest absolute Gasteiger partial charge is 0.160 e. The van der Waals surface area contributed by atoms with Gasteiger partial charge in [-0.1, -0.05) is 19.1 Å². The standard InChI is InChI=1S/C11H10BrNOS/c1-2-9-10(13-11(12)15-9)7-5-3-4-6-8(7)14/h3-6,14H,2H2,1H3. The van der Waals surface area contributed by atoms with E-state index in [-0.39, 0.29) is 5.75 Å². The summed E-state index contributed by atoms with van der Waals surface area (Å²) >= 11 is 4.98. The Kier molecular flexibility index (Phi) is 3.07. The Morgan fingerprint density at radius 2 is 2.13 bits per heavy atom. The molecule has 0 saturated carbocycles. The monoisotopic (exact) mass is 283 g/mol. The van der Waals surface area contributed by atoms with Gasteiger partial charge in [-0.15, -0.1) is 11.3 Å². The first-order chi connectivity index (χ1) is 7.22. The number of para-hydroxylation sites is 1. The molecule has 2 rings (SSSR count). The average Bonchev–Trinajstić information content (AvgIpc) is 2.60. The zero-order valence-corrected chi connectivity index (χ0v) is 10.6. The van der Waals surface area contributed by atoms with E-state index in [0.717, 1.165) is 21.6 Å². The summed E-state index contributed by atoms with van der Waals surface area (Å²) in [5, 5.41) is 9.74. The molecule has 1 N–H and O–H groups in total. The summed E-state index contributed by atoms with van der Waals surface area (Å²) in [6.45, 7) is 2.09. The number of thiazole rings is 1. The van der Waals surface area contributed by atoms with Crippen LogP contribution in [0.2, 0.25) is 0 Å². The maximum Gasteiger partial charge on any atom is 0.160 e. The van der Waals surface area contributed by atoms with Gasteiger partial charge in [0.25, 0.3) is 0 Å². The Hall–Kier alpha value is -0.870. The molecule has 0 aliphatic carbocycles. The topological polar surface area (TPSA) is 33.1 Å². The SMILES string of the molecule is CCc1sc(Br)nc1-c1ccccc1O. The number of hydrogen-bond acceptors (Lipinski definition) is 3. The van der Waals surface area contributed by atoms with Gasteiger partial charge in [-0.25, -0.2) is 4.98 Å². The first-order valence-electron chi connectivity index (χ1n) is 4.66. The van der Waals surface area contributed by atoms with Gasteiger partial charge in [-0.05, 0) is 34.5 Å². The molecule has 0 radical (unpaired) electrons. The minimum absolute atomic E-state index is 0.282. The molecule has 0 saturated heterocycles. The highest BCUT2D eigenvalue weighted by Gasteiger charge is 2.12. The third kappa shape index (κ3) is 2.06. The molecular formula is C11H10BrNOS. The van der Waals surface area contributed by atoms with Crippen LogP contribution < -0.4 is 0 Å². The Bertz CT molecular complexity index is 481. The second-order valence-corrected chi connectivity index (χ2v) is 5.47. The van der Waals surface area contributed by atoms with E-state index < -0.39 is 0 Å². The molecule has 0 aliphatic rings. The fourth-order valence-corrected chi connectivity index (χ4v) is 2.95. The molecule has 0 atom stereocenters. The number of nitrogens with zero attached hydrogens (tertiary/aromatic N) is 1. The highest BCUT2D eigenvalue weighted by atomic mass is 79.9. The van der Waals surface area contributed by atoms with E-state index in [4.69, 9.17) is 0 Å². The zero-order chi connectivity index (χ0) is 10.8. The van der Waals surface area contributed by atoms with Crippen molar-refractivity contribution in [2.75, 3.05) is 0 Å². The molecule has 1 aromatic heterocycles. The number of halogens is 1. The molecule has 15 heavy (non-hydrogen) atoms. The number of benzene rings is 1. The predicted molar refractivity (Wildman–Crippen MR) is 66.3 cm³/mol. The lowest BCUT2D eigenvalue weighted by atomic mass is 10.1. The molecule has 1 aromatic carbocycles. The highest BCUT2D eigenvalue weighted by molar-refractivity contribution is 9.11. The number of aryl methyl sites for hydroxylation is 1. The van der Waals surface area contributed by atoms with Crippen molar-refractivity contribution in [1.29, 1.82) is 0 Å². The van der Waals surface area contributed by atoms with Gasteiger partial charge >= 0.3 is 0 Å². The van der Waals surface area contributed by atoms with Crippen LogP contribution in [0.25, 0.3) is 11.3 Å². The van der Waals surface area contributed by atoms with Crippen molar-refractivity contribution >= 4 is 27.3 Å². The van der Waals surface area contributed by atoms with Gasteiger partial charge in [0.1, 0.15) is 5.75 Å². The van der Waals surface area contributed by atoms with Crippen molar-refractivity contribution in [3.8, 4) is 17.0 Å².